The van der Waals surface area contributed by atoms with E-state index in [1.807, 2.05) is 0 Å². The molecule has 13 heteroatoms. The van der Waals surface area contributed by atoms with Crippen LogP contribution in [-0.2, 0) is 25.0 Å². The second kappa shape index (κ2) is 10.4. The van der Waals surface area contributed by atoms with E-state index >= 15 is 0 Å². The fourth-order valence-electron chi connectivity index (χ4n) is 3.10. The van der Waals surface area contributed by atoms with Gasteiger partial charge in [-0.3, -0.25) is 4.79 Å². The number of carbonyl (C=O) groups is 1. The number of hydrogen-bond donors (Lipinski definition) is 2. The van der Waals surface area contributed by atoms with Crippen LogP contribution in [0.4, 0.5) is 17.3 Å². The summed E-state index contributed by atoms with van der Waals surface area (Å²) in [6.45, 7) is 2.98. The standard InChI is InChI=1S/C22H26N6O5S2/c1-16-14-17(2)24-22(23-16)26-34(30,31)20-12-10-18(11-13-20)25-21(29)15-28(35(32,33)27(3)4)19-8-6-5-7-9-19/h5-14H,15H2,1-4H3,(H,25,29)(H,23,24,26). The number of anilines is 3. The van der Waals surface area contributed by atoms with Crippen molar-refractivity contribution >= 4 is 43.5 Å². The first kappa shape index (κ1) is 26.1. The largest absolute Gasteiger partial charge is 0.325 e. The number of sulfonamides is 1. The Labute approximate surface area is 205 Å². The lowest BCUT2D eigenvalue weighted by molar-refractivity contribution is -0.114. The van der Waals surface area contributed by atoms with Crippen LogP contribution in [0.5, 0.6) is 0 Å². The second-order valence-electron chi connectivity index (χ2n) is 7.78. The van der Waals surface area contributed by atoms with E-state index in [-0.39, 0.29) is 10.8 Å². The number of rotatable bonds is 9. The molecule has 0 saturated heterocycles. The summed E-state index contributed by atoms with van der Waals surface area (Å²) < 4.78 is 55.2. The molecule has 2 aromatic carbocycles. The molecule has 0 aliphatic heterocycles. The van der Waals surface area contributed by atoms with Crippen molar-refractivity contribution in [3.63, 3.8) is 0 Å². The Balaban J connectivity index is 1.74. The molecule has 1 amide bonds. The van der Waals surface area contributed by atoms with E-state index in [0.29, 0.717) is 22.8 Å². The number of hydrogen-bond acceptors (Lipinski definition) is 7. The number of aromatic nitrogens is 2. The lowest BCUT2D eigenvalue weighted by atomic mass is 10.3. The molecule has 0 spiro atoms. The van der Waals surface area contributed by atoms with E-state index in [9.17, 15) is 21.6 Å². The molecule has 3 rings (SSSR count). The first-order valence-electron chi connectivity index (χ1n) is 10.4. The van der Waals surface area contributed by atoms with Gasteiger partial charge in [0, 0.05) is 31.2 Å². The normalized spacial score (nSPS) is 11.8. The van der Waals surface area contributed by atoms with E-state index in [4.69, 9.17) is 0 Å². The van der Waals surface area contributed by atoms with Crippen molar-refractivity contribution in [1.82, 2.24) is 14.3 Å². The molecule has 11 nitrogen and oxygen atoms in total. The molecule has 186 valence electrons. The van der Waals surface area contributed by atoms with Gasteiger partial charge in [0.15, 0.2) is 0 Å². The van der Waals surface area contributed by atoms with E-state index in [2.05, 4.69) is 20.0 Å². The highest BCUT2D eigenvalue weighted by atomic mass is 32.2. The zero-order valence-electron chi connectivity index (χ0n) is 19.6. The average Bonchev–Trinajstić information content (AvgIpc) is 2.77. The molecule has 0 radical (unpaired) electrons. The SMILES string of the molecule is Cc1cc(C)nc(NS(=O)(=O)c2ccc(NC(=O)CN(c3ccccc3)S(=O)(=O)N(C)C)cc2)n1. The number of nitrogens with zero attached hydrogens (tertiary/aromatic N) is 4. The van der Waals surface area contributed by atoms with Crippen molar-refractivity contribution < 1.29 is 21.6 Å². The zero-order valence-corrected chi connectivity index (χ0v) is 21.3. The van der Waals surface area contributed by atoms with Crippen LogP contribution in [-0.4, -0.2) is 57.7 Å². The van der Waals surface area contributed by atoms with Gasteiger partial charge in [-0.25, -0.2) is 27.4 Å². The number of para-hydroxylation sites is 1. The van der Waals surface area contributed by atoms with Gasteiger partial charge in [0.05, 0.1) is 10.6 Å². The van der Waals surface area contributed by atoms with Crippen LogP contribution >= 0.6 is 0 Å². The predicted molar refractivity (Wildman–Crippen MR) is 134 cm³/mol. The Kier molecular flexibility index (Phi) is 7.73. The summed E-state index contributed by atoms with van der Waals surface area (Å²) in [7, 11) is -5.14. The number of carbonyl (C=O) groups excluding carboxylic acids is 1. The second-order valence-corrected chi connectivity index (χ2v) is 11.5. The van der Waals surface area contributed by atoms with Crippen molar-refractivity contribution in [2.45, 2.75) is 18.7 Å². The van der Waals surface area contributed by atoms with Gasteiger partial charge in [-0.15, -0.1) is 0 Å². The Morgan fingerprint density at radius 3 is 2.00 bits per heavy atom. The molecule has 0 aliphatic rings. The van der Waals surface area contributed by atoms with Crippen molar-refractivity contribution in [3.8, 4) is 0 Å². The molecule has 1 aromatic heterocycles. The summed E-state index contributed by atoms with van der Waals surface area (Å²) in [5.74, 6) is -0.639. The molecule has 0 unspecified atom stereocenters. The fraction of sp³-hybridized carbons (Fsp3) is 0.227. The summed E-state index contributed by atoms with van der Waals surface area (Å²) >= 11 is 0. The van der Waals surface area contributed by atoms with Crippen LogP contribution in [0.1, 0.15) is 11.4 Å². The molecule has 1 heterocycles. The number of nitrogens with one attached hydrogen (secondary N) is 2. The average molecular weight is 519 g/mol. The van der Waals surface area contributed by atoms with Gasteiger partial charge in [0.2, 0.25) is 11.9 Å². The van der Waals surface area contributed by atoms with E-state index in [0.717, 1.165) is 8.61 Å². The van der Waals surface area contributed by atoms with Crippen LogP contribution in [0, 0.1) is 13.8 Å². The molecule has 35 heavy (non-hydrogen) atoms. The molecule has 0 fully saturated rings. The molecule has 0 atom stereocenters. The number of benzene rings is 2. The maximum atomic E-state index is 12.8. The van der Waals surface area contributed by atoms with Crippen molar-refractivity contribution in [3.05, 3.63) is 72.1 Å². The maximum Gasteiger partial charge on any atom is 0.304 e. The molecule has 0 aliphatic carbocycles. The van der Waals surface area contributed by atoms with Crippen molar-refractivity contribution in [2.24, 2.45) is 0 Å². The van der Waals surface area contributed by atoms with Crippen LogP contribution < -0.4 is 14.3 Å². The number of amides is 1. The lowest BCUT2D eigenvalue weighted by Gasteiger charge is -2.26. The van der Waals surface area contributed by atoms with Crippen LogP contribution in [0.15, 0.2) is 65.6 Å². The van der Waals surface area contributed by atoms with Gasteiger partial charge < -0.3 is 5.32 Å². The van der Waals surface area contributed by atoms with E-state index < -0.39 is 32.7 Å². The maximum absolute atomic E-state index is 12.8. The third-order valence-corrected chi connectivity index (χ3v) is 7.89. The minimum Gasteiger partial charge on any atom is -0.325 e. The first-order chi connectivity index (χ1) is 16.4. The summed E-state index contributed by atoms with van der Waals surface area (Å²) in [4.78, 5) is 20.8. The summed E-state index contributed by atoms with van der Waals surface area (Å²) in [5, 5.41) is 2.59. The zero-order chi connectivity index (χ0) is 25.8. The van der Waals surface area contributed by atoms with E-state index in [1.165, 1.54) is 38.4 Å². The van der Waals surface area contributed by atoms with Crippen LogP contribution in [0.3, 0.4) is 0 Å². The minimum absolute atomic E-state index is 0.0389. The first-order valence-corrected chi connectivity index (χ1v) is 13.3. The fourth-order valence-corrected chi connectivity index (χ4v) is 5.10. The minimum atomic E-state index is -3.96. The van der Waals surface area contributed by atoms with Gasteiger partial charge in [-0.1, -0.05) is 18.2 Å². The van der Waals surface area contributed by atoms with Crippen LogP contribution in [0.25, 0.3) is 0 Å². The predicted octanol–water partition coefficient (Wildman–Crippen LogP) is 2.15. The third-order valence-electron chi connectivity index (χ3n) is 4.73. The third kappa shape index (κ3) is 6.53. The Bertz CT molecular complexity index is 1390. The smallest absolute Gasteiger partial charge is 0.304 e. The Hall–Kier alpha value is -3.55. The summed E-state index contributed by atoms with van der Waals surface area (Å²) in [6, 6.07) is 15.4. The van der Waals surface area contributed by atoms with E-state index in [1.54, 1.807) is 50.2 Å². The molecule has 0 bridgehead atoms. The highest BCUT2D eigenvalue weighted by Gasteiger charge is 2.27. The topological polar surface area (TPSA) is 142 Å². The Morgan fingerprint density at radius 1 is 0.886 bits per heavy atom. The Morgan fingerprint density at radius 2 is 1.46 bits per heavy atom. The van der Waals surface area contributed by atoms with Crippen molar-refractivity contribution in [1.29, 1.82) is 0 Å². The van der Waals surface area contributed by atoms with Crippen molar-refractivity contribution in [2.75, 3.05) is 35.0 Å². The lowest BCUT2D eigenvalue weighted by Crippen LogP contribution is -2.44. The molecule has 2 N–H and O–H groups in total. The van der Waals surface area contributed by atoms with Gasteiger partial charge in [-0.05, 0) is 56.3 Å². The summed E-state index contributed by atoms with van der Waals surface area (Å²) in [6.07, 6.45) is 0. The quantitative estimate of drug-likeness (QED) is 0.442. The molecular formula is C22H26N6O5S2. The van der Waals surface area contributed by atoms with Gasteiger partial charge in [0.25, 0.3) is 10.0 Å². The van der Waals surface area contributed by atoms with Gasteiger partial charge in [-0.2, -0.15) is 12.7 Å². The molecule has 3 aromatic rings. The highest BCUT2D eigenvalue weighted by Crippen LogP contribution is 2.20. The molecule has 0 saturated carbocycles. The number of aryl methyl sites for hydroxylation is 2. The van der Waals surface area contributed by atoms with Crippen LogP contribution in [0.2, 0.25) is 0 Å². The highest BCUT2D eigenvalue weighted by molar-refractivity contribution is 7.92. The van der Waals surface area contributed by atoms with Gasteiger partial charge in [0.1, 0.15) is 6.54 Å². The van der Waals surface area contributed by atoms with Gasteiger partial charge >= 0.3 is 10.2 Å². The monoisotopic (exact) mass is 518 g/mol. The molecular weight excluding hydrogens is 492 g/mol. The summed E-state index contributed by atoms with van der Waals surface area (Å²) in [5.41, 5.74) is 1.87.